The van der Waals surface area contributed by atoms with Crippen molar-refractivity contribution in [3.63, 3.8) is 0 Å². The van der Waals surface area contributed by atoms with Crippen LogP contribution in [0.5, 0.6) is 5.75 Å². The summed E-state index contributed by atoms with van der Waals surface area (Å²) < 4.78 is 5.35. The number of hydrogen-bond donors (Lipinski definition) is 2. The number of carbonyl (C=O) groups is 2. The maximum Gasteiger partial charge on any atom is 0.305 e. The Balaban J connectivity index is 2.38. The Morgan fingerprint density at radius 2 is 2.32 bits per heavy atom. The highest BCUT2D eigenvalue weighted by Gasteiger charge is 2.30. The van der Waals surface area contributed by atoms with Gasteiger partial charge in [0.1, 0.15) is 5.75 Å². The van der Waals surface area contributed by atoms with Crippen molar-refractivity contribution in [3.05, 3.63) is 18.2 Å². The predicted molar refractivity (Wildman–Crippen MR) is 70.7 cm³/mol. The molecule has 0 saturated heterocycles. The summed E-state index contributed by atoms with van der Waals surface area (Å²) >= 11 is 0. The molecule has 6 heteroatoms. The van der Waals surface area contributed by atoms with E-state index >= 15 is 0 Å². The number of benzene rings is 1. The van der Waals surface area contributed by atoms with Crippen LogP contribution < -0.4 is 15.0 Å². The molecule has 1 aromatic carbocycles. The molecule has 1 heterocycles. The quantitative estimate of drug-likeness (QED) is 0.857. The van der Waals surface area contributed by atoms with Crippen LogP contribution in [0, 0.1) is 0 Å². The van der Waals surface area contributed by atoms with Crippen molar-refractivity contribution in [2.45, 2.75) is 19.4 Å². The third kappa shape index (κ3) is 2.62. The highest BCUT2D eigenvalue weighted by atomic mass is 16.5. The number of anilines is 2. The first kappa shape index (κ1) is 13.2. The topological polar surface area (TPSA) is 78.9 Å². The van der Waals surface area contributed by atoms with Crippen LogP contribution in [-0.4, -0.2) is 36.7 Å². The number of fused-ring (bicyclic) bond motifs is 1. The highest BCUT2D eigenvalue weighted by molar-refractivity contribution is 5.99. The number of nitrogens with zero attached hydrogens (tertiary/aromatic N) is 1. The number of nitrogens with one attached hydrogen (secondary N) is 1. The van der Waals surface area contributed by atoms with Crippen molar-refractivity contribution >= 4 is 23.3 Å². The predicted octanol–water partition coefficient (Wildman–Crippen LogP) is 1.32. The normalized spacial score (nSPS) is 15.5. The average molecular weight is 264 g/mol. The summed E-state index contributed by atoms with van der Waals surface area (Å²) in [5.41, 5.74) is 1.45. The number of carboxylic acids is 1. The molecular formula is C13H16N2O4. The van der Waals surface area contributed by atoms with Crippen LogP contribution in [0.25, 0.3) is 0 Å². The van der Waals surface area contributed by atoms with Crippen molar-refractivity contribution in [1.82, 2.24) is 0 Å². The van der Waals surface area contributed by atoms with Gasteiger partial charge in [-0.2, -0.15) is 0 Å². The van der Waals surface area contributed by atoms with E-state index < -0.39 is 12.0 Å². The van der Waals surface area contributed by atoms with Crippen molar-refractivity contribution in [2.24, 2.45) is 0 Å². The lowest BCUT2D eigenvalue weighted by atomic mass is 10.1. The highest BCUT2D eigenvalue weighted by Crippen LogP contribution is 2.36. The summed E-state index contributed by atoms with van der Waals surface area (Å²) in [6.07, 6.45) is -0.102. The third-order valence-corrected chi connectivity index (χ3v) is 3.04. The Bertz CT molecular complexity index is 515. The molecule has 6 nitrogen and oxygen atoms in total. The molecule has 1 aliphatic rings. The number of carbonyl (C=O) groups excluding carboxylic acids is 1. The van der Waals surface area contributed by atoms with Crippen molar-refractivity contribution in [3.8, 4) is 5.75 Å². The maximum absolute atomic E-state index is 12.0. The monoisotopic (exact) mass is 264 g/mol. The first-order chi connectivity index (χ1) is 9.02. The number of carboxylic acid groups (broad SMARTS) is 1. The fourth-order valence-corrected chi connectivity index (χ4v) is 2.15. The van der Waals surface area contributed by atoms with Gasteiger partial charge in [0.05, 0.1) is 12.1 Å². The number of amides is 1. The van der Waals surface area contributed by atoms with Crippen LogP contribution in [0.1, 0.15) is 13.3 Å². The van der Waals surface area contributed by atoms with E-state index in [9.17, 15) is 9.59 Å². The molecule has 0 aliphatic carbocycles. The lowest BCUT2D eigenvalue weighted by Gasteiger charge is -2.33. The van der Waals surface area contributed by atoms with Gasteiger partial charge >= 0.3 is 5.97 Å². The van der Waals surface area contributed by atoms with Gasteiger partial charge in [0.25, 0.3) is 5.91 Å². The fourth-order valence-electron chi connectivity index (χ4n) is 2.15. The fraction of sp³-hybridized carbons (Fsp3) is 0.385. The van der Waals surface area contributed by atoms with Crippen LogP contribution in [0.3, 0.4) is 0 Å². The molecule has 2 rings (SSSR count). The first-order valence-electron chi connectivity index (χ1n) is 6.01. The molecule has 1 aromatic rings. The number of rotatable bonds is 4. The van der Waals surface area contributed by atoms with Gasteiger partial charge in [0.15, 0.2) is 6.61 Å². The minimum atomic E-state index is -0.932. The molecule has 0 bridgehead atoms. The minimum absolute atomic E-state index is 0.0597. The van der Waals surface area contributed by atoms with Gasteiger partial charge in [-0.15, -0.1) is 0 Å². The third-order valence-electron chi connectivity index (χ3n) is 3.04. The zero-order valence-electron chi connectivity index (χ0n) is 10.8. The summed E-state index contributed by atoms with van der Waals surface area (Å²) in [6, 6.07) is 4.98. The van der Waals surface area contributed by atoms with Gasteiger partial charge in [-0.3, -0.25) is 9.59 Å². The summed E-state index contributed by atoms with van der Waals surface area (Å²) in [6.45, 7) is 1.66. The maximum atomic E-state index is 12.0. The Morgan fingerprint density at radius 3 is 2.95 bits per heavy atom. The molecule has 102 valence electrons. The van der Waals surface area contributed by atoms with Crippen LogP contribution >= 0.6 is 0 Å². The smallest absolute Gasteiger partial charge is 0.305 e. The second-order valence-electron chi connectivity index (χ2n) is 4.43. The van der Waals surface area contributed by atoms with Gasteiger partial charge in [-0.1, -0.05) is 0 Å². The first-order valence-corrected chi connectivity index (χ1v) is 6.01. The summed E-state index contributed by atoms with van der Waals surface area (Å²) in [7, 11) is 1.78. The molecular weight excluding hydrogens is 248 g/mol. The molecule has 1 atom stereocenters. The van der Waals surface area contributed by atoms with Gasteiger partial charge in [0.2, 0.25) is 0 Å². The molecule has 1 amide bonds. The van der Waals surface area contributed by atoms with E-state index in [0.717, 1.165) is 5.69 Å². The Hall–Kier alpha value is -2.24. The summed E-state index contributed by atoms with van der Waals surface area (Å²) in [4.78, 5) is 24.3. The van der Waals surface area contributed by atoms with E-state index in [2.05, 4.69) is 5.32 Å². The average Bonchev–Trinajstić information content (AvgIpc) is 2.36. The Morgan fingerprint density at radius 1 is 1.58 bits per heavy atom. The van der Waals surface area contributed by atoms with E-state index in [4.69, 9.17) is 9.84 Å². The van der Waals surface area contributed by atoms with Gasteiger partial charge in [-0.05, 0) is 25.1 Å². The van der Waals surface area contributed by atoms with Gasteiger partial charge < -0.3 is 20.1 Å². The van der Waals surface area contributed by atoms with Gasteiger partial charge in [-0.25, -0.2) is 0 Å². The summed E-state index contributed by atoms with van der Waals surface area (Å²) in [5, 5.41) is 11.9. The van der Waals surface area contributed by atoms with Crippen LogP contribution in [0.15, 0.2) is 18.2 Å². The second kappa shape index (κ2) is 5.17. The van der Waals surface area contributed by atoms with Crippen molar-refractivity contribution in [1.29, 1.82) is 0 Å². The zero-order valence-corrected chi connectivity index (χ0v) is 10.8. The molecule has 0 fully saturated rings. The van der Waals surface area contributed by atoms with Crippen LogP contribution in [0.2, 0.25) is 0 Å². The largest absolute Gasteiger partial charge is 0.482 e. The Labute approximate surface area is 111 Å². The molecule has 0 spiro atoms. The minimum Gasteiger partial charge on any atom is -0.482 e. The number of aliphatic carboxylic acids is 1. The number of ether oxygens (including phenoxy) is 1. The van der Waals surface area contributed by atoms with Crippen LogP contribution in [-0.2, 0) is 9.59 Å². The molecule has 19 heavy (non-hydrogen) atoms. The second-order valence-corrected chi connectivity index (χ2v) is 4.43. The lowest BCUT2D eigenvalue weighted by molar-refractivity contribution is -0.137. The Kier molecular flexibility index (Phi) is 3.59. The molecule has 1 unspecified atom stereocenters. The van der Waals surface area contributed by atoms with Crippen molar-refractivity contribution in [2.75, 3.05) is 23.9 Å². The van der Waals surface area contributed by atoms with E-state index in [0.29, 0.717) is 11.4 Å². The summed E-state index contributed by atoms with van der Waals surface area (Å²) in [5.74, 6) is -0.566. The lowest BCUT2D eigenvalue weighted by Crippen LogP contribution is -2.45. The number of hydrogen-bond acceptors (Lipinski definition) is 4. The van der Waals surface area contributed by atoms with Crippen LogP contribution in [0.4, 0.5) is 11.4 Å². The molecule has 0 saturated carbocycles. The zero-order chi connectivity index (χ0) is 14.0. The van der Waals surface area contributed by atoms with E-state index in [-0.39, 0.29) is 18.9 Å². The van der Waals surface area contributed by atoms with Crippen molar-refractivity contribution < 1.29 is 19.4 Å². The van der Waals surface area contributed by atoms with Gasteiger partial charge in [0, 0.05) is 18.8 Å². The standard InChI is InChI=1S/C13H16N2O4/c1-8(5-13(17)18)15-10-6-9(14-2)3-4-11(10)19-7-12(15)16/h3-4,6,8,14H,5,7H2,1-2H3,(H,17,18). The molecule has 2 N–H and O–H groups in total. The SMILES string of the molecule is CNc1ccc2c(c1)N(C(C)CC(=O)O)C(=O)CO2. The molecule has 0 aromatic heterocycles. The van der Waals surface area contributed by atoms with E-state index in [1.807, 2.05) is 6.07 Å². The van der Waals surface area contributed by atoms with E-state index in [1.54, 1.807) is 26.1 Å². The molecule has 0 radical (unpaired) electrons. The molecule has 1 aliphatic heterocycles. The van der Waals surface area contributed by atoms with E-state index in [1.165, 1.54) is 4.90 Å².